The van der Waals surface area contributed by atoms with Gasteiger partial charge in [-0.25, -0.2) is 4.72 Å². The van der Waals surface area contributed by atoms with Crippen LogP contribution < -0.4 is 15.3 Å². The zero-order valence-electron chi connectivity index (χ0n) is 8.11. The van der Waals surface area contributed by atoms with E-state index in [4.69, 9.17) is 5.73 Å². The fraction of sp³-hybridized carbons (Fsp3) is 0.833. The van der Waals surface area contributed by atoms with Crippen LogP contribution in [0.5, 0.6) is 0 Å². The van der Waals surface area contributed by atoms with E-state index in [1.807, 2.05) is 13.8 Å². The zero-order valence-corrected chi connectivity index (χ0v) is 8.93. The predicted molar refractivity (Wildman–Crippen MR) is 50.0 cm³/mol. The SMILES string of the molecule is CC(C)CNS(=O)(=O)NOCC(N)=O. The van der Waals surface area contributed by atoms with Crippen molar-refractivity contribution in [2.45, 2.75) is 13.8 Å². The van der Waals surface area contributed by atoms with Crippen LogP contribution >= 0.6 is 0 Å². The van der Waals surface area contributed by atoms with Crippen molar-refractivity contribution in [1.82, 2.24) is 9.61 Å². The number of nitrogens with two attached hydrogens (primary N) is 1. The first-order valence-electron chi connectivity index (χ1n) is 4.00. The molecule has 0 saturated carbocycles. The summed E-state index contributed by atoms with van der Waals surface area (Å²) in [5.74, 6) is -0.570. The molecule has 0 aromatic heterocycles. The molecule has 0 aromatic rings. The number of carbonyl (C=O) groups excluding carboxylic acids is 1. The molecule has 0 aliphatic heterocycles. The first kappa shape index (κ1) is 13.3. The number of carbonyl (C=O) groups is 1. The molecule has 84 valence electrons. The van der Waals surface area contributed by atoms with E-state index in [1.54, 1.807) is 4.89 Å². The molecule has 1 amide bonds. The number of nitrogens with one attached hydrogen (secondary N) is 2. The minimum atomic E-state index is -3.70. The monoisotopic (exact) mass is 225 g/mol. The second-order valence-electron chi connectivity index (χ2n) is 3.08. The van der Waals surface area contributed by atoms with Crippen LogP contribution in [0.2, 0.25) is 0 Å². The molecule has 0 bridgehead atoms. The van der Waals surface area contributed by atoms with E-state index < -0.39 is 22.7 Å². The van der Waals surface area contributed by atoms with Gasteiger partial charge in [-0.1, -0.05) is 18.7 Å². The largest absolute Gasteiger partial charge is 0.368 e. The molecular formula is C6H15N3O4S. The average molecular weight is 225 g/mol. The van der Waals surface area contributed by atoms with Gasteiger partial charge in [0.15, 0.2) is 0 Å². The molecule has 0 aliphatic carbocycles. The van der Waals surface area contributed by atoms with Crippen molar-refractivity contribution in [1.29, 1.82) is 0 Å². The van der Waals surface area contributed by atoms with E-state index in [0.717, 1.165) is 0 Å². The summed E-state index contributed by atoms with van der Waals surface area (Å²) in [4.78, 5) is 16.2. The Morgan fingerprint density at radius 2 is 2.07 bits per heavy atom. The van der Waals surface area contributed by atoms with Crippen molar-refractivity contribution in [3.63, 3.8) is 0 Å². The maximum atomic E-state index is 11.0. The molecule has 0 unspecified atom stereocenters. The van der Waals surface area contributed by atoms with Crippen molar-refractivity contribution in [2.24, 2.45) is 11.7 Å². The molecule has 0 saturated heterocycles. The Morgan fingerprint density at radius 3 is 2.50 bits per heavy atom. The lowest BCUT2D eigenvalue weighted by molar-refractivity contribution is -0.123. The molecule has 0 fully saturated rings. The highest BCUT2D eigenvalue weighted by Crippen LogP contribution is 1.88. The van der Waals surface area contributed by atoms with E-state index in [1.165, 1.54) is 0 Å². The molecule has 0 aromatic carbocycles. The Morgan fingerprint density at radius 1 is 1.50 bits per heavy atom. The van der Waals surface area contributed by atoms with Gasteiger partial charge in [-0.2, -0.15) is 8.42 Å². The van der Waals surface area contributed by atoms with Crippen LogP contribution in [0.3, 0.4) is 0 Å². The van der Waals surface area contributed by atoms with Crippen molar-refractivity contribution in [3.05, 3.63) is 0 Å². The highest BCUT2D eigenvalue weighted by atomic mass is 32.2. The number of primary amides is 1. The fourth-order valence-corrected chi connectivity index (χ4v) is 1.31. The molecule has 14 heavy (non-hydrogen) atoms. The molecule has 0 aliphatic rings. The van der Waals surface area contributed by atoms with Gasteiger partial charge in [-0.05, 0) is 5.92 Å². The van der Waals surface area contributed by atoms with Crippen LogP contribution in [0, 0.1) is 5.92 Å². The number of amides is 1. The maximum absolute atomic E-state index is 11.0. The predicted octanol–water partition coefficient (Wildman–Crippen LogP) is -1.52. The Kier molecular flexibility index (Phi) is 5.62. The van der Waals surface area contributed by atoms with E-state index in [9.17, 15) is 13.2 Å². The lowest BCUT2D eigenvalue weighted by atomic mass is 10.2. The standard InChI is InChI=1S/C6H15N3O4S/c1-5(2)3-8-14(11,12)9-13-4-6(7)10/h5,8-9H,3-4H2,1-2H3,(H2,7,10). The lowest BCUT2D eigenvalue weighted by Gasteiger charge is -2.08. The number of rotatable bonds is 7. The van der Waals surface area contributed by atoms with Crippen molar-refractivity contribution in [3.8, 4) is 0 Å². The summed E-state index contributed by atoms with van der Waals surface area (Å²) in [6.07, 6.45) is 0. The Labute approximate surface area is 83.1 Å². The second kappa shape index (κ2) is 5.91. The molecule has 4 N–H and O–H groups in total. The maximum Gasteiger partial charge on any atom is 0.299 e. The highest BCUT2D eigenvalue weighted by molar-refractivity contribution is 7.87. The first-order valence-corrected chi connectivity index (χ1v) is 5.48. The molecule has 8 heteroatoms. The Balaban J connectivity index is 3.79. The summed E-state index contributed by atoms with van der Waals surface area (Å²) in [6.45, 7) is 3.50. The zero-order chi connectivity index (χ0) is 11.2. The average Bonchev–Trinajstić information content (AvgIpc) is 2.00. The van der Waals surface area contributed by atoms with E-state index in [-0.39, 0.29) is 12.5 Å². The molecule has 0 spiro atoms. The van der Waals surface area contributed by atoms with Crippen LogP contribution in [0.4, 0.5) is 0 Å². The van der Waals surface area contributed by atoms with Gasteiger partial charge in [0.2, 0.25) is 5.91 Å². The Hall–Kier alpha value is -0.700. The van der Waals surface area contributed by atoms with Gasteiger partial charge in [-0.15, -0.1) is 0 Å². The number of hydrogen-bond acceptors (Lipinski definition) is 4. The van der Waals surface area contributed by atoms with Crippen molar-refractivity contribution in [2.75, 3.05) is 13.2 Å². The fourth-order valence-electron chi connectivity index (χ4n) is 0.484. The van der Waals surface area contributed by atoms with Gasteiger partial charge in [0.1, 0.15) is 6.61 Å². The molecular weight excluding hydrogens is 210 g/mol. The molecule has 0 heterocycles. The highest BCUT2D eigenvalue weighted by Gasteiger charge is 2.09. The summed E-state index contributed by atoms with van der Waals surface area (Å²) >= 11 is 0. The van der Waals surface area contributed by atoms with Crippen LogP contribution in [-0.2, 0) is 19.8 Å². The topological polar surface area (TPSA) is 111 Å². The number of hydrogen-bond donors (Lipinski definition) is 3. The van der Waals surface area contributed by atoms with Crippen LogP contribution in [0.15, 0.2) is 0 Å². The summed E-state index contributed by atoms with van der Waals surface area (Å²) < 4.78 is 24.3. The summed E-state index contributed by atoms with van der Waals surface area (Å²) in [5, 5.41) is 0. The third-order valence-electron chi connectivity index (χ3n) is 1.06. The quantitative estimate of drug-likeness (QED) is 0.457. The molecule has 0 rings (SSSR count). The van der Waals surface area contributed by atoms with E-state index in [0.29, 0.717) is 0 Å². The first-order chi connectivity index (χ1) is 6.33. The minimum Gasteiger partial charge on any atom is -0.368 e. The minimum absolute atomic E-state index is 0.183. The van der Waals surface area contributed by atoms with Crippen LogP contribution in [0.1, 0.15) is 13.8 Å². The van der Waals surface area contributed by atoms with Gasteiger partial charge < -0.3 is 5.73 Å². The van der Waals surface area contributed by atoms with Crippen molar-refractivity contribution < 1.29 is 18.0 Å². The smallest absolute Gasteiger partial charge is 0.299 e. The molecule has 7 nitrogen and oxygen atoms in total. The van der Waals surface area contributed by atoms with Gasteiger partial charge in [0, 0.05) is 6.54 Å². The van der Waals surface area contributed by atoms with Gasteiger partial charge >= 0.3 is 0 Å². The van der Waals surface area contributed by atoms with Crippen molar-refractivity contribution >= 4 is 16.1 Å². The normalized spacial score (nSPS) is 11.9. The van der Waals surface area contributed by atoms with E-state index >= 15 is 0 Å². The Bertz CT molecular complexity index is 275. The van der Waals surface area contributed by atoms with Gasteiger partial charge in [0.25, 0.3) is 10.2 Å². The third-order valence-corrected chi connectivity index (χ3v) is 1.95. The van der Waals surface area contributed by atoms with Gasteiger partial charge in [0.05, 0.1) is 0 Å². The molecule has 0 atom stereocenters. The van der Waals surface area contributed by atoms with E-state index in [2.05, 4.69) is 9.56 Å². The summed E-state index contributed by atoms with van der Waals surface area (Å²) in [7, 11) is -3.70. The second-order valence-corrected chi connectivity index (χ2v) is 4.55. The van der Waals surface area contributed by atoms with Crippen LogP contribution in [0.25, 0.3) is 0 Å². The summed E-state index contributed by atoms with van der Waals surface area (Å²) in [6, 6.07) is 0. The molecule has 0 radical (unpaired) electrons. The third kappa shape index (κ3) is 7.92. The van der Waals surface area contributed by atoms with Crippen LogP contribution in [-0.4, -0.2) is 27.5 Å². The summed E-state index contributed by atoms with van der Waals surface area (Å²) in [5.41, 5.74) is 4.72. The lowest BCUT2D eigenvalue weighted by Crippen LogP contribution is -2.39. The van der Waals surface area contributed by atoms with Gasteiger partial charge in [-0.3, -0.25) is 9.63 Å².